The first kappa shape index (κ1) is 38.4. The standard InChI is InChI=1S/C40H51N5O6Si/c1-27(2)36(46)43-38-42-35-34(37(47)44-38)41-26-45(35)23-28(25-51-52(8,9)39(3,4)5)24-50-40(29-13-11-10-12-14-29,30-15-19-32(48-6)20-16-30)31-17-21-33(49-7)22-18-31/h10-22,26-28H,23-25H2,1-9H3,(H2,42,43,44,46,47)/t28-/m1/s1. The quantitative estimate of drug-likeness (QED) is 0.0846. The summed E-state index contributed by atoms with van der Waals surface area (Å²) in [5, 5.41) is 2.70. The molecule has 2 aromatic heterocycles. The molecule has 0 unspecified atom stereocenters. The summed E-state index contributed by atoms with van der Waals surface area (Å²) in [6.45, 7) is 15.7. The first-order valence-corrected chi connectivity index (χ1v) is 20.5. The molecular weight excluding hydrogens is 675 g/mol. The molecule has 1 atom stereocenters. The highest BCUT2D eigenvalue weighted by Crippen LogP contribution is 2.42. The Morgan fingerprint density at radius 3 is 1.94 bits per heavy atom. The van der Waals surface area contributed by atoms with Gasteiger partial charge in [-0.1, -0.05) is 89.2 Å². The number of carbonyl (C=O) groups is 1. The summed E-state index contributed by atoms with van der Waals surface area (Å²) in [6.07, 6.45) is 1.61. The number of nitrogens with one attached hydrogen (secondary N) is 2. The molecule has 3 aromatic carbocycles. The van der Waals surface area contributed by atoms with Crippen molar-refractivity contribution in [3.63, 3.8) is 0 Å². The van der Waals surface area contributed by atoms with Crippen LogP contribution in [0.15, 0.2) is 90.0 Å². The minimum atomic E-state index is -2.18. The van der Waals surface area contributed by atoms with Crippen LogP contribution < -0.4 is 20.3 Å². The van der Waals surface area contributed by atoms with Crippen molar-refractivity contribution in [1.82, 2.24) is 19.5 Å². The third-order valence-electron chi connectivity index (χ3n) is 9.89. The molecule has 0 fully saturated rings. The minimum Gasteiger partial charge on any atom is -0.497 e. The highest BCUT2D eigenvalue weighted by molar-refractivity contribution is 6.74. The Hall–Kier alpha value is -4.78. The Balaban J connectivity index is 1.60. The summed E-state index contributed by atoms with van der Waals surface area (Å²) >= 11 is 0. The lowest BCUT2D eigenvalue weighted by atomic mass is 9.80. The Morgan fingerprint density at radius 2 is 1.42 bits per heavy atom. The van der Waals surface area contributed by atoms with Gasteiger partial charge in [-0.2, -0.15) is 4.98 Å². The van der Waals surface area contributed by atoms with Crippen molar-refractivity contribution in [3.05, 3.63) is 112 Å². The Labute approximate surface area is 306 Å². The normalized spacial score (nSPS) is 13.0. The van der Waals surface area contributed by atoms with Crippen LogP contribution in [0.2, 0.25) is 18.1 Å². The molecule has 5 rings (SSSR count). The second kappa shape index (κ2) is 15.8. The van der Waals surface area contributed by atoms with Gasteiger partial charge < -0.3 is 23.2 Å². The summed E-state index contributed by atoms with van der Waals surface area (Å²) in [7, 11) is 1.11. The number of amides is 1. The molecule has 1 amide bonds. The maximum Gasteiger partial charge on any atom is 0.280 e. The van der Waals surface area contributed by atoms with Crippen molar-refractivity contribution in [2.24, 2.45) is 11.8 Å². The largest absolute Gasteiger partial charge is 0.497 e. The van der Waals surface area contributed by atoms with Gasteiger partial charge in [-0.25, -0.2) is 4.98 Å². The number of H-pyrrole nitrogens is 1. The number of anilines is 1. The van der Waals surface area contributed by atoms with Crippen LogP contribution in [0.5, 0.6) is 11.5 Å². The number of fused-ring (bicyclic) bond motifs is 1. The number of nitrogens with zero attached hydrogens (tertiary/aromatic N) is 3. The van der Waals surface area contributed by atoms with E-state index in [0.29, 0.717) is 18.8 Å². The predicted molar refractivity (Wildman–Crippen MR) is 207 cm³/mol. The molecule has 0 aliphatic rings. The number of carbonyl (C=O) groups excluding carboxylic acids is 1. The zero-order valence-electron chi connectivity index (χ0n) is 31.7. The number of hydrogen-bond acceptors (Lipinski definition) is 8. The lowest BCUT2D eigenvalue weighted by molar-refractivity contribution is -0.118. The molecule has 2 N–H and O–H groups in total. The van der Waals surface area contributed by atoms with Gasteiger partial charge in [0.1, 0.15) is 17.1 Å². The van der Waals surface area contributed by atoms with Gasteiger partial charge in [0, 0.05) is 25.0 Å². The van der Waals surface area contributed by atoms with Gasteiger partial charge in [-0.15, -0.1) is 0 Å². The van der Waals surface area contributed by atoms with Crippen molar-refractivity contribution < 1.29 is 23.4 Å². The van der Waals surface area contributed by atoms with E-state index in [0.717, 1.165) is 28.2 Å². The second-order valence-electron chi connectivity index (χ2n) is 14.9. The lowest BCUT2D eigenvalue weighted by Crippen LogP contribution is -2.43. The molecule has 5 aromatic rings. The molecule has 0 aliphatic heterocycles. The third-order valence-corrected chi connectivity index (χ3v) is 14.4. The van der Waals surface area contributed by atoms with Crippen molar-refractivity contribution in [2.75, 3.05) is 32.8 Å². The lowest BCUT2D eigenvalue weighted by Gasteiger charge is -2.39. The molecule has 0 saturated heterocycles. The highest BCUT2D eigenvalue weighted by Gasteiger charge is 2.40. The fourth-order valence-electron chi connectivity index (χ4n) is 5.70. The third kappa shape index (κ3) is 8.30. The van der Waals surface area contributed by atoms with Crippen LogP contribution >= 0.6 is 0 Å². The molecule has 0 radical (unpaired) electrons. The smallest absolute Gasteiger partial charge is 0.280 e. The second-order valence-corrected chi connectivity index (χ2v) is 19.7. The van der Waals surface area contributed by atoms with Crippen molar-refractivity contribution in [2.45, 2.75) is 64.9 Å². The van der Waals surface area contributed by atoms with Gasteiger partial charge in [0.2, 0.25) is 11.9 Å². The van der Waals surface area contributed by atoms with Crippen LogP contribution in [0.1, 0.15) is 51.3 Å². The molecule has 0 aliphatic carbocycles. The zero-order valence-corrected chi connectivity index (χ0v) is 32.7. The summed E-state index contributed by atoms with van der Waals surface area (Å²) < 4.78 is 27.0. The highest BCUT2D eigenvalue weighted by atomic mass is 28.4. The molecule has 2 heterocycles. The van der Waals surface area contributed by atoms with Gasteiger partial charge in [0.25, 0.3) is 5.56 Å². The van der Waals surface area contributed by atoms with E-state index in [4.69, 9.17) is 18.6 Å². The monoisotopic (exact) mass is 725 g/mol. The first-order chi connectivity index (χ1) is 24.7. The Morgan fingerprint density at radius 1 is 0.865 bits per heavy atom. The van der Waals surface area contributed by atoms with E-state index in [1.54, 1.807) is 34.4 Å². The van der Waals surface area contributed by atoms with E-state index in [1.165, 1.54) is 0 Å². The number of benzene rings is 3. The van der Waals surface area contributed by atoms with Crippen LogP contribution in [0.25, 0.3) is 11.2 Å². The number of methoxy groups -OCH3 is 2. The predicted octanol–water partition coefficient (Wildman–Crippen LogP) is 7.38. The number of imidazole rings is 1. The fraction of sp³-hybridized carbons (Fsp3) is 0.400. The first-order valence-electron chi connectivity index (χ1n) is 17.6. The number of aromatic amines is 1. The molecule has 11 nitrogen and oxygen atoms in total. The summed E-state index contributed by atoms with van der Waals surface area (Å²) in [5.41, 5.74) is 1.86. The van der Waals surface area contributed by atoms with Crippen LogP contribution in [0.4, 0.5) is 5.95 Å². The molecule has 0 spiro atoms. The van der Waals surface area contributed by atoms with E-state index in [2.05, 4.69) is 66.3 Å². The fourth-order valence-corrected chi connectivity index (χ4v) is 6.78. The van der Waals surface area contributed by atoms with Crippen molar-refractivity contribution >= 4 is 31.3 Å². The minimum absolute atomic E-state index is 0.0154. The number of rotatable bonds is 15. The van der Waals surface area contributed by atoms with Gasteiger partial charge >= 0.3 is 0 Å². The maximum atomic E-state index is 13.1. The van der Waals surface area contributed by atoms with Crippen LogP contribution in [0, 0.1) is 11.8 Å². The number of hydrogen-bond donors (Lipinski definition) is 2. The SMILES string of the molecule is COc1ccc(C(OC[C@H](CO[Si](C)(C)C(C)(C)C)Cn2cnc3c(=O)[nH]c(NC(=O)C(C)C)nc32)(c2ccccc2)c2ccc(OC)cc2)cc1. The Kier molecular flexibility index (Phi) is 11.7. The topological polar surface area (TPSA) is 130 Å². The average molecular weight is 726 g/mol. The number of ether oxygens (including phenoxy) is 3. The van der Waals surface area contributed by atoms with E-state index in [1.807, 2.05) is 71.3 Å². The van der Waals surface area contributed by atoms with Gasteiger partial charge in [0.15, 0.2) is 19.5 Å². The van der Waals surface area contributed by atoms with Crippen LogP contribution in [-0.2, 0) is 26.1 Å². The molecular formula is C40H51N5O6Si. The molecule has 12 heteroatoms. The summed E-state index contributed by atoms with van der Waals surface area (Å²) in [5.74, 6) is 0.795. The molecule has 52 heavy (non-hydrogen) atoms. The average Bonchev–Trinajstić information content (AvgIpc) is 3.53. The van der Waals surface area contributed by atoms with Crippen LogP contribution in [-0.4, -0.2) is 61.2 Å². The summed E-state index contributed by atoms with van der Waals surface area (Å²) in [4.78, 5) is 37.2. The van der Waals surface area contributed by atoms with E-state index in [-0.39, 0.29) is 40.9 Å². The Bertz CT molecular complexity index is 1950. The van der Waals surface area contributed by atoms with Gasteiger partial charge in [0.05, 0.1) is 27.2 Å². The summed E-state index contributed by atoms with van der Waals surface area (Å²) in [6, 6.07) is 26.0. The van der Waals surface area contributed by atoms with E-state index >= 15 is 0 Å². The van der Waals surface area contributed by atoms with Crippen LogP contribution in [0.3, 0.4) is 0 Å². The van der Waals surface area contributed by atoms with E-state index < -0.39 is 19.5 Å². The molecule has 0 saturated carbocycles. The maximum absolute atomic E-state index is 13.1. The van der Waals surface area contributed by atoms with Gasteiger partial charge in [-0.3, -0.25) is 19.9 Å². The van der Waals surface area contributed by atoms with E-state index in [9.17, 15) is 9.59 Å². The van der Waals surface area contributed by atoms with Gasteiger partial charge in [-0.05, 0) is 59.1 Å². The number of aromatic nitrogens is 4. The molecule has 0 bridgehead atoms. The van der Waals surface area contributed by atoms with Crippen molar-refractivity contribution in [3.8, 4) is 11.5 Å². The molecule has 276 valence electrons. The van der Waals surface area contributed by atoms with Crippen molar-refractivity contribution in [1.29, 1.82) is 0 Å². The zero-order chi connectivity index (χ0) is 37.7.